The highest BCUT2D eigenvalue weighted by Crippen LogP contribution is 2.39. The number of amides is 1. The van der Waals surface area contributed by atoms with Crippen molar-refractivity contribution in [1.29, 1.82) is 0 Å². The Kier molecular flexibility index (Phi) is 4.75. The molecule has 7 heteroatoms. The predicted octanol–water partition coefficient (Wildman–Crippen LogP) is 1.55. The molecular weight excluding hydrogens is 302 g/mol. The molecule has 0 bridgehead atoms. The lowest BCUT2D eigenvalue weighted by Crippen LogP contribution is -2.43. The number of hydrogen-bond donors (Lipinski definition) is 1. The first kappa shape index (κ1) is 16.7. The summed E-state index contributed by atoms with van der Waals surface area (Å²) < 4.78 is 23.6. The zero-order valence-corrected chi connectivity index (χ0v) is 14.1. The summed E-state index contributed by atoms with van der Waals surface area (Å²) in [5, 5.41) is 3.10. The number of carbonyl (C=O) groups is 1. The third-order valence-electron chi connectivity index (χ3n) is 4.18. The number of sulfone groups is 1. The van der Waals surface area contributed by atoms with E-state index in [-0.39, 0.29) is 10.8 Å². The van der Waals surface area contributed by atoms with E-state index in [4.69, 9.17) is 0 Å². The third kappa shape index (κ3) is 3.40. The van der Waals surface area contributed by atoms with Crippen LogP contribution in [0.4, 0.5) is 5.82 Å². The normalized spacial score (nSPS) is 17.2. The topological polar surface area (TPSA) is 79.4 Å². The molecule has 0 saturated heterocycles. The van der Waals surface area contributed by atoms with E-state index in [1.165, 1.54) is 6.07 Å². The number of nitrogens with one attached hydrogen (secondary N) is 1. The maximum Gasteiger partial charge on any atom is 0.230 e. The molecule has 1 amide bonds. The second-order valence-corrected chi connectivity index (χ2v) is 8.15. The molecular formula is C15H23N3O3S. The second kappa shape index (κ2) is 6.24. The van der Waals surface area contributed by atoms with E-state index in [9.17, 15) is 13.2 Å². The molecule has 0 aliphatic heterocycles. The average molecular weight is 325 g/mol. The molecule has 0 atom stereocenters. The van der Waals surface area contributed by atoms with E-state index in [1.54, 1.807) is 31.3 Å². The van der Waals surface area contributed by atoms with Crippen LogP contribution in [0, 0.1) is 5.41 Å². The summed E-state index contributed by atoms with van der Waals surface area (Å²) in [7, 11) is 0.154. The lowest BCUT2D eigenvalue weighted by Gasteiger charge is -2.31. The molecule has 6 nitrogen and oxygen atoms in total. The average Bonchev–Trinajstić information content (AvgIpc) is 2.93. The largest absolute Gasteiger partial charge is 0.368 e. The fourth-order valence-corrected chi connectivity index (χ4v) is 3.87. The van der Waals surface area contributed by atoms with E-state index in [1.807, 2.05) is 0 Å². The van der Waals surface area contributed by atoms with Crippen LogP contribution in [-0.2, 0) is 14.6 Å². The van der Waals surface area contributed by atoms with Gasteiger partial charge in [-0.25, -0.2) is 13.4 Å². The van der Waals surface area contributed by atoms with Crippen LogP contribution in [0.2, 0.25) is 0 Å². The third-order valence-corrected chi connectivity index (χ3v) is 5.31. The van der Waals surface area contributed by atoms with E-state index in [0.29, 0.717) is 12.4 Å². The van der Waals surface area contributed by atoms with Gasteiger partial charge in [-0.1, -0.05) is 12.8 Å². The van der Waals surface area contributed by atoms with Crippen molar-refractivity contribution in [3.8, 4) is 0 Å². The quantitative estimate of drug-likeness (QED) is 0.888. The first-order chi connectivity index (χ1) is 10.3. The predicted molar refractivity (Wildman–Crippen MR) is 85.4 cm³/mol. The Labute approximate surface area is 131 Å². The van der Waals surface area contributed by atoms with Gasteiger partial charge in [0, 0.05) is 33.1 Å². The van der Waals surface area contributed by atoms with Crippen molar-refractivity contribution in [2.45, 2.75) is 30.6 Å². The Morgan fingerprint density at radius 1 is 1.36 bits per heavy atom. The minimum absolute atomic E-state index is 0.0920. The van der Waals surface area contributed by atoms with Crippen molar-refractivity contribution in [2.75, 3.05) is 32.2 Å². The summed E-state index contributed by atoms with van der Waals surface area (Å²) in [5.41, 5.74) is -0.463. The van der Waals surface area contributed by atoms with Crippen LogP contribution in [0.3, 0.4) is 0 Å². The molecule has 1 N–H and O–H groups in total. The summed E-state index contributed by atoms with van der Waals surface area (Å²) in [4.78, 5) is 18.4. The minimum atomic E-state index is -3.36. The Bertz CT molecular complexity index is 650. The van der Waals surface area contributed by atoms with Crippen molar-refractivity contribution in [1.82, 2.24) is 9.88 Å². The SMILES string of the molecule is CN(C)C(=O)C1(CNc2ncccc2S(C)(=O)=O)CCCC1. The van der Waals surface area contributed by atoms with Crippen LogP contribution in [0.5, 0.6) is 0 Å². The summed E-state index contributed by atoms with van der Waals surface area (Å²) in [6.45, 7) is 0.406. The van der Waals surface area contributed by atoms with Crippen molar-refractivity contribution in [3.63, 3.8) is 0 Å². The van der Waals surface area contributed by atoms with Crippen molar-refractivity contribution >= 4 is 21.6 Å². The lowest BCUT2D eigenvalue weighted by molar-refractivity contribution is -0.138. The molecule has 122 valence electrons. The number of carbonyl (C=O) groups excluding carboxylic acids is 1. The highest BCUT2D eigenvalue weighted by atomic mass is 32.2. The molecule has 2 rings (SSSR count). The Morgan fingerprint density at radius 2 is 2.00 bits per heavy atom. The number of nitrogens with zero attached hydrogens (tertiary/aromatic N) is 2. The van der Waals surface area contributed by atoms with Crippen LogP contribution in [-0.4, -0.2) is 51.1 Å². The van der Waals surface area contributed by atoms with Crippen LogP contribution < -0.4 is 5.32 Å². The molecule has 1 saturated carbocycles. The zero-order valence-electron chi connectivity index (χ0n) is 13.3. The van der Waals surface area contributed by atoms with Crippen molar-refractivity contribution in [3.05, 3.63) is 18.3 Å². The molecule has 1 aromatic rings. The standard InChI is InChI=1S/C15H23N3O3S/c1-18(2)14(19)15(8-4-5-9-15)11-17-13-12(22(3,20)21)7-6-10-16-13/h6-7,10H,4-5,8-9,11H2,1-3H3,(H,16,17). The molecule has 1 heterocycles. The minimum Gasteiger partial charge on any atom is -0.368 e. The monoisotopic (exact) mass is 325 g/mol. The number of anilines is 1. The van der Waals surface area contributed by atoms with Gasteiger partial charge in [0.2, 0.25) is 5.91 Å². The van der Waals surface area contributed by atoms with Crippen LogP contribution in [0.15, 0.2) is 23.2 Å². The molecule has 1 aliphatic carbocycles. The summed E-state index contributed by atoms with van der Waals surface area (Å²) in [6, 6.07) is 3.12. The van der Waals surface area contributed by atoms with Gasteiger partial charge < -0.3 is 10.2 Å². The molecule has 0 spiro atoms. The smallest absolute Gasteiger partial charge is 0.230 e. The first-order valence-electron chi connectivity index (χ1n) is 7.37. The van der Waals surface area contributed by atoms with Crippen molar-refractivity contribution in [2.24, 2.45) is 5.41 Å². The maximum atomic E-state index is 12.5. The van der Waals surface area contributed by atoms with Gasteiger partial charge in [0.25, 0.3) is 0 Å². The van der Waals surface area contributed by atoms with E-state index < -0.39 is 15.3 Å². The fourth-order valence-electron chi connectivity index (χ4n) is 3.07. The zero-order chi connectivity index (χ0) is 16.4. The Hall–Kier alpha value is -1.63. The van der Waals surface area contributed by atoms with E-state index in [0.717, 1.165) is 31.9 Å². The van der Waals surface area contributed by atoms with Gasteiger partial charge in [-0.2, -0.15) is 0 Å². The number of hydrogen-bond acceptors (Lipinski definition) is 5. The number of pyridine rings is 1. The number of aromatic nitrogens is 1. The van der Waals surface area contributed by atoms with E-state index >= 15 is 0 Å². The molecule has 0 radical (unpaired) electrons. The van der Waals surface area contributed by atoms with Gasteiger partial charge in [-0.3, -0.25) is 4.79 Å². The molecule has 0 unspecified atom stereocenters. The van der Waals surface area contributed by atoms with Gasteiger partial charge in [0.15, 0.2) is 9.84 Å². The Morgan fingerprint density at radius 3 is 2.55 bits per heavy atom. The molecule has 1 aliphatic rings. The highest BCUT2D eigenvalue weighted by molar-refractivity contribution is 7.90. The van der Waals surface area contributed by atoms with E-state index in [2.05, 4.69) is 10.3 Å². The molecule has 1 aromatic heterocycles. The van der Waals surface area contributed by atoms with Crippen LogP contribution in [0.25, 0.3) is 0 Å². The van der Waals surface area contributed by atoms with Gasteiger partial charge in [-0.05, 0) is 25.0 Å². The Balaban J connectivity index is 2.23. The first-order valence-corrected chi connectivity index (χ1v) is 9.26. The van der Waals surface area contributed by atoms with Crippen LogP contribution >= 0.6 is 0 Å². The van der Waals surface area contributed by atoms with Gasteiger partial charge in [0.1, 0.15) is 10.7 Å². The van der Waals surface area contributed by atoms with Gasteiger partial charge >= 0.3 is 0 Å². The molecule has 0 aromatic carbocycles. The molecule has 22 heavy (non-hydrogen) atoms. The molecule has 1 fully saturated rings. The maximum absolute atomic E-state index is 12.5. The van der Waals surface area contributed by atoms with Crippen molar-refractivity contribution < 1.29 is 13.2 Å². The van der Waals surface area contributed by atoms with Gasteiger partial charge in [0.05, 0.1) is 5.41 Å². The fraction of sp³-hybridized carbons (Fsp3) is 0.600. The highest BCUT2D eigenvalue weighted by Gasteiger charge is 2.42. The van der Waals surface area contributed by atoms with Gasteiger partial charge in [-0.15, -0.1) is 0 Å². The van der Waals surface area contributed by atoms with Crippen LogP contribution in [0.1, 0.15) is 25.7 Å². The summed E-state index contributed by atoms with van der Waals surface area (Å²) >= 11 is 0. The second-order valence-electron chi connectivity index (χ2n) is 6.16. The lowest BCUT2D eigenvalue weighted by atomic mass is 9.84. The summed E-state index contributed by atoms with van der Waals surface area (Å²) in [5.74, 6) is 0.414. The summed E-state index contributed by atoms with van der Waals surface area (Å²) in [6.07, 6.45) is 6.37. The number of rotatable bonds is 5.